The number of carbonyl (C=O) groups excluding carboxylic acids is 3. The lowest BCUT2D eigenvalue weighted by Gasteiger charge is -2.23. The Kier molecular flexibility index (Phi) is 9.21. The van der Waals surface area contributed by atoms with Crippen LogP contribution < -0.4 is 15.4 Å². The second kappa shape index (κ2) is 11.4. The predicted molar refractivity (Wildman–Crippen MR) is 121 cm³/mol. The Labute approximate surface area is 189 Å². The number of sulfonamides is 1. The molecule has 10 heteroatoms. The molecule has 1 aromatic rings. The Morgan fingerprint density at radius 3 is 2.44 bits per heavy atom. The summed E-state index contributed by atoms with van der Waals surface area (Å²) in [6, 6.07) is 5.53. The molecule has 0 radical (unpaired) electrons. The van der Waals surface area contributed by atoms with E-state index in [2.05, 4.69) is 10.6 Å². The minimum atomic E-state index is -3.48. The molecule has 178 valence electrons. The van der Waals surface area contributed by atoms with Gasteiger partial charge in [0.25, 0.3) is 0 Å². The SMILES string of the molecule is COc1ccc(CC(=O)N[C@@H](CC(C)C)C(=O)NC2CCCN(S(C)(=O)=O)CC2=O)cc1. The zero-order chi connectivity index (χ0) is 23.9. The van der Waals surface area contributed by atoms with Gasteiger partial charge in [-0.1, -0.05) is 26.0 Å². The number of rotatable bonds is 9. The topological polar surface area (TPSA) is 122 Å². The van der Waals surface area contributed by atoms with Gasteiger partial charge in [-0.25, -0.2) is 8.42 Å². The van der Waals surface area contributed by atoms with Crippen LogP contribution in [0.3, 0.4) is 0 Å². The van der Waals surface area contributed by atoms with Crippen LogP contribution in [0, 0.1) is 5.92 Å². The maximum Gasteiger partial charge on any atom is 0.243 e. The van der Waals surface area contributed by atoms with Gasteiger partial charge in [0.05, 0.1) is 32.4 Å². The van der Waals surface area contributed by atoms with E-state index in [0.717, 1.165) is 16.1 Å². The first-order valence-electron chi connectivity index (χ1n) is 10.7. The van der Waals surface area contributed by atoms with E-state index in [1.54, 1.807) is 31.4 Å². The molecule has 0 spiro atoms. The average Bonchev–Trinajstić information content (AvgIpc) is 2.89. The Balaban J connectivity index is 2.02. The first kappa shape index (κ1) is 25.8. The van der Waals surface area contributed by atoms with Crippen LogP contribution in [0.2, 0.25) is 0 Å². The molecule has 1 aliphatic heterocycles. The number of ketones is 1. The van der Waals surface area contributed by atoms with Crippen LogP contribution in [-0.4, -0.2) is 68.9 Å². The smallest absolute Gasteiger partial charge is 0.243 e. The maximum absolute atomic E-state index is 12.9. The number of Topliss-reactive ketones (excluding diaryl/α,β-unsaturated/α-hetero) is 1. The maximum atomic E-state index is 12.9. The van der Waals surface area contributed by atoms with Gasteiger partial charge in [-0.3, -0.25) is 14.4 Å². The summed E-state index contributed by atoms with van der Waals surface area (Å²) >= 11 is 0. The molecular formula is C22H33N3O6S. The van der Waals surface area contributed by atoms with Crippen molar-refractivity contribution in [2.75, 3.05) is 26.5 Å². The first-order chi connectivity index (χ1) is 15.0. The van der Waals surface area contributed by atoms with Crippen LogP contribution in [0.25, 0.3) is 0 Å². The van der Waals surface area contributed by atoms with E-state index in [-0.39, 0.29) is 37.1 Å². The number of benzene rings is 1. The molecule has 0 aliphatic carbocycles. The van der Waals surface area contributed by atoms with Gasteiger partial charge in [-0.05, 0) is 42.9 Å². The summed E-state index contributed by atoms with van der Waals surface area (Å²) in [7, 11) is -1.92. The van der Waals surface area contributed by atoms with E-state index in [9.17, 15) is 22.8 Å². The minimum absolute atomic E-state index is 0.109. The number of amides is 2. The molecule has 32 heavy (non-hydrogen) atoms. The summed E-state index contributed by atoms with van der Waals surface area (Å²) in [6.07, 6.45) is 2.40. The third-order valence-electron chi connectivity index (χ3n) is 5.29. The van der Waals surface area contributed by atoms with E-state index in [1.165, 1.54) is 0 Å². The van der Waals surface area contributed by atoms with Crippen molar-refractivity contribution < 1.29 is 27.5 Å². The van der Waals surface area contributed by atoms with Gasteiger partial charge >= 0.3 is 0 Å². The normalized spacial score (nSPS) is 18.7. The predicted octanol–water partition coefficient (Wildman–Crippen LogP) is 0.878. The minimum Gasteiger partial charge on any atom is -0.497 e. The molecule has 1 fully saturated rings. The number of methoxy groups -OCH3 is 1. The summed E-state index contributed by atoms with van der Waals surface area (Å²) in [5, 5.41) is 5.51. The summed E-state index contributed by atoms with van der Waals surface area (Å²) in [4.78, 5) is 38.0. The van der Waals surface area contributed by atoms with Gasteiger partial charge in [0.15, 0.2) is 5.78 Å². The lowest BCUT2D eigenvalue weighted by atomic mass is 10.0. The fourth-order valence-electron chi connectivity index (χ4n) is 3.58. The highest BCUT2D eigenvalue weighted by atomic mass is 32.2. The summed E-state index contributed by atoms with van der Waals surface area (Å²) in [5.74, 6) is -0.264. The molecular weight excluding hydrogens is 434 g/mol. The summed E-state index contributed by atoms with van der Waals surface area (Å²) < 4.78 is 29.8. The van der Waals surface area contributed by atoms with Crippen LogP contribution in [0.15, 0.2) is 24.3 Å². The van der Waals surface area contributed by atoms with Gasteiger partial charge in [0.1, 0.15) is 11.8 Å². The molecule has 9 nitrogen and oxygen atoms in total. The number of carbonyl (C=O) groups is 3. The van der Waals surface area contributed by atoms with Gasteiger partial charge < -0.3 is 15.4 Å². The second-order valence-electron chi connectivity index (χ2n) is 8.54. The van der Waals surface area contributed by atoms with E-state index < -0.39 is 28.0 Å². The van der Waals surface area contributed by atoms with Gasteiger partial charge in [-0.15, -0.1) is 0 Å². The Morgan fingerprint density at radius 2 is 1.88 bits per heavy atom. The average molecular weight is 468 g/mol. The van der Waals surface area contributed by atoms with Gasteiger partial charge in [-0.2, -0.15) is 4.31 Å². The van der Waals surface area contributed by atoms with Crippen molar-refractivity contribution in [1.82, 2.24) is 14.9 Å². The standard InChI is InChI=1S/C22H33N3O6S/c1-15(2)12-19(23-21(27)13-16-7-9-17(31-3)10-8-16)22(28)24-18-6-5-11-25(14-20(18)26)32(4,29)30/h7-10,15,18-19H,5-6,11-14H2,1-4H3,(H,23,27)(H,24,28)/t18?,19-/m0/s1. The molecule has 2 rings (SSSR count). The molecule has 0 bridgehead atoms. The van der Waals surface area contributed by atoms with Crippen LogP contribution >= 0.6 is 0 Å². The van der Waals surface area contributed by atoms with Gasteiger partial charge in [0, 0.05) is 6.54 Å². The van der Waals surface area contributed by atoms with Crippen LogP contribution in [-0.2, 0) is 30.8 Å². The fraction of sp³-hybridized carbons (Fsp3) is 0.591. The zero-order valence-electron chi connectivity index (χ0n) is 19.1. The van der Waals surface area contributed by atoms with Crippen molar-refractivity contribution in [3.63, 3.8) is 0 Å². The molecule has 1 saturated heterocycles. The van der Waals surface area contributed by atoms with Crippen molar-refractivity contribution >= 4 is 27.6 Å². The highest BCUT2D eigenvalue weighted by Gasteiger charge is 2.32. The van der Waals surface area contributed by atoms with Crippen molar-refractivity contribution in [2.45, 2.75) is 51.6 Å². The van der Waals surface area contributed by atoms with Crippen molar-refractivity contribution in [1.29, 1.82) is 0 Å². The molecule has 0 aromatic heterocycles. The van der Waals surface area contributed by atoms with Crippen LogP contribution in [0.4, 0.5) is 0 Å². The Bertz CT molecular complexity index is 914. The number of nitrogens with zero attached hydrogens (tertiary/aromatic N) is 1. The molecule has 2 N–H and O–H groups in total. The third-order valence-corrected chi connectivity index (χ3v) is 6.54. The lowest BCUT2D eigenvalue weighted by Crippen LogP contribution is -2.53. The highest BCUT2D eigenvalue weighted by molar-refractivity contribution is 7.88. The number of hydrogen-bond donors (Lipinski definition) is 2. The van der Waals surface area contributed by atoms with E-state index >= 15 is 0 Å². The van der Waals surface area contributed by atoms with E-state index in [4.69, 9.17) is 4.74 Å². The second-order valence-corrected chi connectivity index (χ2v) is 10.5. The number of nitrogens with one attached hydrogen (secondary N) is 2. The summed E-state index contributed by atoms with van der Waals surface area (Å²) in [6.45, 7) is 3.86. The van der Waals surface area contributed by atoms with Gasteiger partial charge in [0.2, 0.25) is 21.8 Å². The van der Waals surface area contributed by atoms with Crippen LogP contribution in [0.1, 0.15) is 38.7 Å². The highest BCUT2D eigenvalue weighted by Crippen LogP contribution is 2.14. The quantitative estimate of drug-likeness (QED) is 0.556. The van der Waals surface area contributed by atoms with Crippen LogP contribution in [0.5, 0.6) is 5.75 Å². The molecule has 1 aliphatic rings. The zero-order valence-corrected chi connectivity index (χ0v) is 19.9. The number of ether oxygens (including phenoxy) is 1. The molecule has 1 aromatic carbocycles. The molecule has 2 atom stereocenters. The fourth-order valence-corrected chi connectivity index (χ4v) is 4.40. The molecule has 2 amide bonds. The van der Waals surface area contributed by atoms with Crippen molar-refractivity contribution in [2.24, 2.45) is 5.92 Å². The molecule has 1 heterocycles. The third kappa shape index (κ3) is 7.90. The Morgan fingerprint density at radius 1 is 1.22 bits per heavy atom. The monoisotopic (exact) mass is 467 g/mol. The molecule has 0 saturated carbocycles. The first-order valence-corrected chi connectivity index (χ1v) is 12.5. The van der Waals surface area contributed by atoms with E-state index in [1.807, 2.05) is 13.8 Å². The molecule has 1 unspecified atom stereocenters. The van der Waals surface area contributed by atoms with Crippen molar-refractivity contribution in [3.05, 3.63) is 29.8 Å². The summed E-state index contributed by atoms with van der Waals surface area (Å²) in [5.41, 5.74) is 0.784. The largest absolute Gasteiger partial charge is 0.497 e. The number of hydrogen-bond acceptors (Lipinski definition) is 6. The van der Waals surface area contributed by atoms with Crippen molar-refractivity contribution in [3.8, 4) is 5.75 Å². The Hall–Kier alpha value is -2.46. The lowest BCUT2D eigenvalue weighted by molar-refractivity contribution is -0.131. The van der Waals surface area contributed by atoms with E-state index in [0.29, 0.717) is 25.0 Å².